The lowest BCUT2D eigenvalue weighted by molar-refractivity contribution is 0.102. The first-order valence-electron chi connectivity index (χ1n) is 9.68. The van der Waals surface area contributed by atoms with Gasteiger partial charge in [0.05, 0.1) is 5.56 Å². The summed E-state index contributed by atoms with van der Waals surface area (Å²) >= 11 is 0. The van der Waals surface area contributed by atoms with Gasteiger partial charge in [0, 0.05) is 33.4 Å². The van der Waals surface area contributed by atoms with Crippen LogP contribution in [0.1, 0.15) is 15.9 Å². The highest BCUT2D eigenvalue weighted by atomic mass is 16.3. The molecule has 1 amide bonds. The molecular formula is C25H20N2O5. The van der Waals surface area contributed by atoms with Crippen LogP contribution in [0.2, 0.25) is 0 Å². The third-order valence-corrected chi connectivity index (χ3v) is 5.06. The van der Waals surface area contributed by atoms with Gasteiger partial charge in [-0.3, -0.25) is 4.79 Å². The van der Waals surface area contributed by atoms with E-state index >= 15 is 0 Å². The molecule has 7 heteroatoms. The van der Waals surface area contributed by atoms with Crippen molar-refractivity contribution in [1.82, 2.24) is 0 Å². The van der Waals surface area contributed by atoms with Crippen molar-refractivity contribution in [2.45, 2.75) is 0 Å². The van der Waals surface area contributed by atoms with Crippen LogP contribution in [0.5, 0.6) is 23.0 Å². The standard InChI is InChI=1S/C25H20N2O5/c1-14(15-6-4-12-21(28)23(15)30)26-19-10-2-8-17-16(19)7-3-11-20(17)27-25(32)18-9-5-13-22(29)24(18)31/h2-13,26,28-31H,1H2,(H,27,32). The minimum Gasteiger partial charge on any atom is -0.504 e. The van der Waals surface area contributed by atoms with Crippen molar-refractivity contribution in [3.8, 4) is 23.0 Å². The number of hydrogen-bond acceptors (Lipinski definition) is 6. The third-order valence-electron chi connectivity index (χ3n) is 5.06. The average Bonchev–Trinajstić information content (AvgIpc) is 2.78. The molecule has 0 aliphatic heterocycles. The molecule has 160 valence electrons. The molecule has 0 saturated carbocycles. The summed E-state index contributed by atoms with van der Waals surface area (Å²) in [7, 11) is 0. The zero-order chi connectivity index (χ0) is 22.8. The normalized spacial score (nSPS) is 10.6. The quantitative estimate of drug-likeness (QED) is 0.249. The number of benzene rings is 4. The molecule has 0 atom stereocenters. The second-order valence-electron chi connectivity index (χ2n) is 7.11. The monoisotopic (exact) mass is 428 g/mol. The summed E-state index contributed by atoms with van der Waals surface area (Å²) in [6.45, 7) is 3.95. The van der Waals surface area contributed by atoms with E-state index in [1.807, 2.05) is 18.2 Å². The van der Waals surface area contributed by atoms with E-state index in [9.17, 15) is 25.2 Å². The Kier molecular flexibility index (Phi) is 5.30. The largest absolute Gasteiger partial charge is 0.504 e. The zero-order valence-corrected chi connectivity index (χ0v) is 16.8. The van der Waals surface area contributed by atoms with Gasteiger partial charge in [-0.25, -0.2) is 0 Å². The first-order chi connectivity index (χ1) is 15.4. The third kappa shape index (κ3) is 3.75. The Balaban J connectivity index is 1.67. The number of fused-ring (bicyclic) bond motifs is 1. The molecule has 0 saturated heterocycles. The Bertz CT molecular complexity index is 1260. The SMILES string of the molecule is C=C(Nc1cccc2c(NC(=O)c3cccc(O)c3O)cccc12)c1cccc(O)c1O. The molecule has 0 aliphatic rings. The van der Waals surface area contributed by atoms with Crippen LogP contribution >= 0.6 is 0 Å². The summed E-state index contributed by atoms with van der Waals surface area (Å²) < 4.78 is 0. The van der Waals surface area contributed by atoms with Crippen LogP contribution in [-0.4, -0.2) is 26.3 Å². The summed E-state index contributed by atoms with van der Waals surface area (Å²) in [5.74, 6) is -1.96. The van der Waals surface area contributed by atoms with Gasteiger partial charge in [-0.2, -0.15) is 0 Å². The number of phenols is 4. The topological polar surface area (TPSA) is 122 Å². The highest BCUT2D eigenvalue weighted by molar-refractivity contribution is 6.12. The van der Waals surface area contributed by atoms with Crippen LogP contribution in [0, 0.1) is 0 Å². The minimum atomic E-state index is -0.571. The number of rotatable bonds is 5. The van der Waals surface area contributed by atoms with Crippen LogP contribution in [0.4, 0.5) is 11.4 Å². The molecule has 32 heavy (non-hydrogen) atoms. The van der Waals surface area contributed by atoms with Crippen molar-refractivity contribution >= 4 is 33.8 Å². The Labute approximate surface area is 183 Å². The van der Waals surface area contributed by atoms with E-state index in [4.69, 9.17) is 0 Å². The Morgan fingerprint density at radius 1 is 0.625 bits per heavy atom. The van der Waals surface area contributed by atoms with Gasteiger partial charge in [0.2, 0.25) is 0 Å². The van der Waals surface area contributed by atoms with Crippen molar-refractivity contribution < 1.29 is 25.2 Å². The van der Waals surface area contributed by atoms with Crippen molar-refractivity contribution in [2.75, 3.05) is 10.6 Å². The maximum absolute atomic E-state index is 12.7. The molecule has 0 radical (unpaired) electrons. The van der Waals surface area contributed by atoms with Gasteiger partial charge >= 0.3 is 0 Å². The molecular weight excluding hydrogens is 408 g/mol. The number of nitrogens with one attached hydrogen (secondary N) is 2. The number of aromatic hydroxyl groups is 4. The van der Waals surface area contributed by atoms with Crippen molar-refractivity contribution in [3.63, 3.8) is 0 Å². The first kappa shape index (κ1) is 20.6. The summed E-state index contributed by atoms with van der Waals surface area (Å²) in [4.78, 5) is 12.7. The lowest BCUT2D eigenvalue weighted by Crippen LogP contribution is -2.12. The van der Waals surface area contributed by atoms with Crippen molar-refractivity contribution in [1.29, 1.82) is 0 Å². The molecule has 0 aromatic heterocycles. The number of anilines is 2. The molecule has 0 spiro atoms. The Morgan fingerprint density at radius 3 is 1.69 bits per heavy atom. The molecule has 4 rings (SSSR count). The predicted molar refractivity (Wildman–Crippen MR) is 124 cm³/mol. The second kappa shape index (κ2) is 8.23. The number of amides is 1. The van der Waals surface area contributed by atoms with E-state index in [2.05, 4.69) is 17.2 Å². The van der Waals surface area contributed by atoms with Crippen molar-refractivity contribution in [2.24, 2.45) is 0 Å². The highest BCUT2D eigenvalue weighted by Gasteiger charge is 2.16. The first-order valence-corrected chi connectivity index (χ1v) is 9.68. The van der Waals surface area contributed by atoms with E-state index in [0.29, 0.717) is 22.6 Å². The van der Waals surface area contributed by atoms with Crippen LogP contribution in [0.15, 0.2) is 79.4 Å². The van der Waals surface area contributed by atoms with Crippen LogP contribution in [-0.2, 0) is 0 Å². The fraction of sp³-hybridized carbons (Fsp3) is 0. The van der Waals surface area contributed by atoms with E-state index in [0.717, 1.165) is 10.8 Å². The van der Waals surface area contributed by atoms with Gasteiger partial charge in [0.25, 0.3) is 5.91 Å². The summed E-state index contributed by atoms with van der Waals surface area (Å²) in [5.41, 5.74) is 1.86. The van der Waals surface area contributed by atoms with Gasteiger partial charge in [0.15, 0.2) is 23.0 Å². The van der Waals surface area contributed by atoms with Gasteiger partial charge in [0.1, 0.15) is 0 Å². The molecule has 4 aromatic rings. The number of phenolic OH excluding ortho intramolecular Hbond substituents is 4. The van der Waals surface area contributed by atoms with Gasteiger partial charge in [-0.05, 0) is 36.4 Å². The van der Waals surface area contributed by atoms with E-state index in [-0.39, 0.29) is 22.8 Å². The number of carbonyl (C=O) groups excluding carboxylic acids is 1. The molecule has 0 unspecified atom stereocenters. The lowest BCUT2D eigenvalue weighted by Gasteiger charge is -2.16. The van der Waals surface area contributed by atoms with Crippen LogP contribution in [0.3, 0.4) is 0 Å². The molecule has 4 aromatic carbocycles. The minimum absolute atomic E-state index is 0.0518. The molecule has 6 N–H and O–H groups in total. The number of carbonyl (C=O) groups is 1. The van der Waals surface area contributed by atoms with Gasteiger partial charge in [-0.1, -0.05) is 43.0 Å². The second-order valence-corrected chi connectivity index (χ2v) is 7.11. The predicted octanol–water partition coefficient (Wildman–Crippen LogP) is 5.00. The van der Waals surface area contributed by atoms with Crippen LogP contribution in [0.25, 0.3) is 16.5 Å². The highest BCUT2D eigenvalue weighted by Crippen LogP contribution is 2.36. The fourth-order valence-corrected chi connectivity index (χ4v) is 3.44. The molecule has 7 nitrogen and oxygen atoms in total. The molecule has 0 aliphatic carbocycles. The summed E-state index contributed by atoms with van der Waals surface area (Å²) in [5, 5.41) is 46.9. The molecule has 0 bridgehead atoms. The number of para-hydroxylation sites is 2. The molecule has 0 fully saturated rings. The smallest absolute Gasteiger partial charge is 0.259 e. The lowest BCUT2D eigenvalue weighted by atomic mass is 10.0. The number of hydrogen-bond donors (Lipinski definition) is 6. The van der Waals surface area contributed by atoms with E-state index in [1.54, 1.807) is 30.3 Å². The zero-order valence-electron chi connectivity index (χ0n) is 16.8. The van der Waals surface area contributed by atoms with Crippen LogP contribution < -0.4 is 10.6 Å². The Hall–Kier alpha value is -4.65. The Morgan fingerprint density at radius 2 is 1.09 bits per heavy atom. The fourth-order valence-electron chi connectivity index (χ4n) is 3.44. The van der Waals surface area contributed by atoms with E-state index in [1.165, 1.54) is 24.3 Å². The maximum Gasteiger partial charge on any atom is 0.259 e. The summed E-state index contributed by atoms with van der Waals surface area (Å²) in [6.07, 6.45) is 0. The average molecular weight is 428 g/mol. The van der Waals surface area contributed by atoms with E-state index < -0.39 is 11.7 Å². The van der Waals surface area contributed by atoms with Gasteiger partial charge < -0.3 is 31.1 Å². The van der Waals surface area contributed by atoms with Gasteiger partial charge in [-0.15, -0.1) is 0 Å². The van der Waals surface area contributed by atoms with Crippen molar-refractivity contribution in [3.05, 3.63) is 90.5 Å². The summed E-state index contributed by atoms with van der Waals surface area (Å²) in [6, 6.07) is 19.6. The molecule has 0 heterocycles. The maximum atomic E-state index is 12.7.